The van der Waals surface area contributed by atoms with Gasteiger partial charge in [-0.1, -0.05) is 0 Å². The second kappa shape index (κ2) is 7.96. The van der Waals surface area contributed by atoms with Crippen molar-refractivity contribution in [3.05, 3.63) is 48.0 Å². The lowest BCUT2D eigenvalue weighted by molar-refractivity contribution is -0.150. The molecule has 0 bridgehead atoms. The molecule has 0 radical (unpaired) electrons. The van der Waals surface area contributed by atoms with E-state index in [0.29, 0.717) is 37.8 Å². The highest BCUT2D eigenvalue weighted by atomic mass is 19.4. The van der Waals surface area contributed by atoms with Gasteiger partial charge in [-0.25, -0.2) is 9.78 Å². The fourth-order valence-corrected chi connectivity index (χ4v) is 3.24. The molecule has 0 unspecified atom stereocenters. The highest BCUT2D eigenvalue weighted by Gasteiger charge is 2.39. The Balaban J connectivity index is 1.63. The van der Waals surface area contributed by atoms with Crippen LogP contribution >= 0.6 is 0 Å². The number of aromatic nitrogens is 2. The zero-order chi connectivity index (χ0) is 21.2. The summed E-state index contributed by atoms with van der Waals surface area (Å²) in [5.74, 6) is 0. The van der Waals surface area contributed by atoms with Gasteiger partial charge < -0.3 is 10.6 Å². The number of pyridine rings is 1. The predicted molar refractivity (Wildman–Crippen MR) is 92.3 cm³/mol. The van der Waals surface area contributed by atoms with E-state index in [2.05, 4.69) is 15.6 Å². The highest BCUT2D eigenvalue weighted by molar-refractivity contribution is 5.76. The van der Waals surface area contributed by atoms with Crippen LogP contribution in [0.1, 0.15) is 37.1 Å². The van der Waals surface area contributed by atoms with Gasteiger partial charge in [0.1, 0.15) is 11.4 Å². The molecule has 2 heterocycles. The first-order valence-corrected chi connectivity index (χ1v) is 8.89. The summed E-state index contributed by atoms with van der Waals surface area (Å²) in [6.07, 6.45) is -4.70. The van der Waals surface area contributed by atoms with Crippen LogP contribution < -0.4 is 10.6 Å². The minimum atomic E-state index is -4.99. The summed E-state index contributed by atoms with van der Waals surface area (Å²) < 4.78 is 78.8. The number of hydrogen-bond acceptors (Lipinski definition) is 3. The van der Waals surface area contributed by atoms with Crippen molar-refractivity contribution in [2.75, 3.05) is 5.32 Å². The van der Waals surface area contributed by atoms with Gasteiger partial charge in [0.2, 0.25) is 0 Å². The number of amides is 1. The molecule has 1 saturated carbocycles. The zero-order valence-corrected chi connectivity index (χ0v) is 15.0. The van der Waals surface area contributed by atoms with Crippen LogP contribution in [0.2, 0.25) is 0 Å². The van der Waals surface area contributed by atoms with Gasteiger partial charge in [0.05, 0.1) is 0 Å². The maximum Gasteiger partial charge on any atom is 0.433 e. The molecule has 3 rings (SSSR count). The first kappa shape index (κ1) is 21.0. The van der Waals surface area contributed by atoms with Gasteiger partial charge in [-0.3, -0.25) is 4.57 Å². The molecule has 0 spiro atoms. The van der Waals surface area contributed by atoms with E-state index in [1.54, 1.807) is 24.5 Å². The molecule has 0 atom stereocenters. The molecule has 1 aliphatic rings. The topological polar surface area (TPSA) is 59.0 Å². The Morgan fingerprint density at radius 3 is 1.86 bits per heavy atom. The number of alkyl halides is 6. The van der Waals surface area contributed by atoms with E-state index >= 15 is 0 Å². The summed E-state index contributed by atoms with van der Waals surface area (Å²) in [7, 11) is 0. The quantitative estimate of drug-likeness (QED) is 0.695. The molecule has 1 fully saturated rings. The maximum absolute atomic E-state index is 12.9. The van der Waals surface area contributed by atoms with E-state index in [4.69, 9.17) is 0 Å². The third-order valence-electron chi connectivity index (χ3n) is 4.67. The van der Waals surface area contributed by atoms with Crippen molar-refractivity contribution in [1.82, 2.24) is 14.9 Å². The molecule has 0 aliphatic heterocycles. The first-order valence-electron chi connectivity index (χ1n) is 8.89. The van der Waals surface area contributed by atoms with E-state index in [-0.39, 0.29) is 23.8 Å². The number of rotatable bonds is 3. The first-order chi connectivity index (χ1) is 13.5. The van der Waals surface area contributed by atoms with Crippen LogP contribution in [-0.4, -0.2) is 27.7 Å². The number of carbonyl (C=O) groups excluding carboxylic acids is 1. The molecule has 2 aromatic rings. The molecule has 2 aromatic heterocycles. The van der Waals surface area contributed by atoms with Gasteiger partial charge in [-0.05, 0) is 49.9 Å². The van der Waals surface area contributed by atoms with Gasteiger partial charge in [0.15, 0.2) is 0 Å². The van der Waals surface area contributed by atoms with E-state index in [1.807, 2.05) is 0 Å². The van der Waals surface area contributed by atoms with Crippen LogP contribution in [0.25, 0.3) is 0 Å². The Hall–Kier alpha value is -2.72. The second-order valence-electron chi connectivity index (χ2n) is 6.85. The average Bonchev–Trinajstić information content (AvgIpc) is 3.16. The minimum absolute atomic E-state index is 0.114. The molecule has 29 heavy (non-hydrogen) atoms. The van der Waals surface area contributed by atoms with Crippen LogP contribution in [0.5, 0.6) is 0 Å². The van der Waals surface area contributed by atoms with Crippen molar-refractivity contribution in [1.29, 1.82) is 0 Å². The third-order valence-corrected chi connectivity index (χ3v) is 4.67. The molecule has 0 saturated heterocycles. The van der Waals surface area contributed by atoms with Crippen molar-refractivity contribution in [2.45, 2.75) is 50.1 Å². The standard InChI is InChI=1S/C18H18F6N4O/c19-17(20,21)14-9-13(10-15(27-14)18(22,23)24)25-11-3-5-12(6-4-11)26-16(29)28-7-1-2-8-28/h1-2,7-12H,3-6H2,(H,25,27)(H,26,29). The van der Waals surface area contributed by atoms with Crippen LogP contribution in [0, 0.1) is 0 Å². The monoisotopic (exact) mass is 420 g/mol. The van der Waals surface area contributed by atoms with Crippen molar-refractivity contribution in [3.8, 4) is 0 Å². The fourth-order valence-electron chi connectivity index (χ4n) is 3.24. The number of nitrogens with one attached hydrogen (secondary N) is 2. The molecule has 1 aliphatic carbocycles. The van der Waals surface area contributed by atoms with Crippen molar-refractivity contribution < 1.29 is 31.1 Å². The average molecular weight is 420 g/mol. The minimum Gasteiger partial charge on any atom is -0.382 e. The van der Waals surface area contributed by atoms with Crippen LogP contribution in [-0.2, 0) is 12.4 Å². The Labute approximate surface area is 162 Å². The van der Waals surface area contributed by atoms with Crippen molar-refractivity contribution >= 4 is 11.7 Å². The summed E-state index contributed by atoms with van der Waals surface area (Å²) in [6.45, 7) is 0. The van der Waals surface area contributed by atoms with E-state index in [9.17, 15) is 31.1 Å². The van der Waals surface area contributed by atoms with Gasteiger partial charge in [-0.15, -0.1) is 0 Å². The van der Waals surface area contributed by atoms with Gasteiger partial charge in [0.25, 0.3) is 0 Å². The molecule has 5 nitrogen and oxygen atoms in total. The van der Waals surface area contributed by atoms with Gasteiger partial charge in [-0.2, -0.15) is 26.3 Å². The molecule has 158 valence electrons. The lowest BCUT2D eigenvalue weighted by Gasteiger charge is -2.30. The Morgan fingerprint density at radius 2 is 1.38 bits per heavy atom. The van der Waals surface area contributed by atoms with Gasteiger partial charge in [0, 0.05) is 30.2 Å². The largest absolute Gasteiger partial charge is 0.433 e. The van der Waals surface area contributed by atoms with Crippen LogP contribution in [0.4, 0.5) is 36.8 Å². The number of carbonyl (C=O) groups is 1. The van der Waals surface area contributed by atoms with Crippen molar-refractivity contribution in [3.63, 3.8) is 0 Å². The maximum atomic E-state index is 12.9. The van der Waals surface area contributed by atoms with Gasteiger partial charge >= 0.3 is 18.4 Å². The highest BCUT2D eigenvalue weighted by Crippen LogP contribution is 2.35. The Kier molecular flexibility index (Phi) is 5.76. The lowest BCUT2D eigenvalue weighted by Crippen LogP contribution is -2.41. The molecule has 1 amide bonds. The summed E-state index contributed by atoms with van der Waals surface area (Å²) in [5, 5.41) is 5.60. The molecule has 0 aromatic carbocycles. The molecular weight excluding hydrogens is 402 g/mol. The fraction of sp³-hybridized carbons (Fsp3) is 0.444. The Bertz CT molecular complexity index is 807. The van der Waals surface area contributed by atoms with E-state index < -0.39 is 23.7 Å². The third kappa shape index (κ3) is 5.42. The predicted octanol–water partition coefficient (Wildman–Crippen LogP) is 4.90. The van der Waals surface area contributed by atoms with Crippen molar-refractivity contribution in [2.24, 2.45) is 0 Å². The smallest absolute Gasteiger partial charge is 0.382 e. The van der Waals surface area contributed by atoms with Crippen LogP contribution in [0.3, 0.4) is 0 Å². The molecule has 11 heteroatoms. The second-order valence-corrected chi connectivity index (χ2v) is 6.85. The summed E-state index contributed by atoms with van der Waals surface area (Å²) >= 11 is 0. The van der Waals surface area contributed by atoms with Crippen LogP contribution in [0.15, 0.2) is 36.7 Å². The molecular formula is C18H18F6N4O. The summed E-state index contributed by atoms with van der Waals surface area (Å²) in [6, 6.07) is 3.87. The summed E-state index contributed by atoms with van der Waals surface area (Å²) in [4.78, 5) is 14.7. The molecule has 2 N–H and O–H groups in total. The number of halogens is 6. The normalized spacial score (nSPS) is 20.3. The SMILES string of the molecule is O=C(NC1CCC(Nc2cc(C(F)(F)F)nc(C(F)(F)F)c2)CC1)n1cccc1. The lowest BCUT2D eigenvalue weighted by atomic mass is 9.91. The van der Waals surface area contributed by atoms with E-state index in [1.165, 1.54) is 4.57 Å². The Morgan fingerprint density at radius 1 is 0.897 bits per heavy atom. The number of hydrogen-bond donors (Lipinski definition) is 2. The zero-order valence-electron chi connectivity index (χ0n) is 15.0. The number of nitrogens with zero attached hydrogens (tertiary/aromatic N) is 2. The van der Waals surface area contributed by atoms with E-state index in [0.717, 1.165) is 0 Å². The summed E-state index contributed by atoms with van der Waals surface area (Å²) in [5.41, 5.74) is -3.47. The number of anilines is 1.